The third-order valence-electron chi connectivity index (χ3n) is 2.38. The summed E-state index contributed by atoms with van der Waals surface area (Å²) in [7, 11) is 1.49. The summed E-state index contributed by atoms with van der Waals surface area (Å²) in [6.45, 7) is 2.75. The van der Waals surface area contributed by atoms with E-state index in [0.29, 0.717) is 16.5 Å². The molecular weight excluding hydrogens is 272 g/mol. The Morgan fingerprint density at radius 2 is 2.00 bits per heavy atom. The maximum Gasteiger partial charge on any atom is 0.328 e. The topological polar surface area (TPSA) is 87.7 Å². The molecule has 1 rings (SSSR count). The number of carbonyl (C=O) groups is 2. The number of carboxylic acid groups (broad SMARTS) is 1. The van der Waals surface area contributed by atoms with Crippen molar-refractivity contribution in [2.24, 2.45) is 0 Å². The number of methoxy groups -OCH3 is 1. The number of rotatable bonds is 4. The van der Waals surface area contributed by atoms with E-state index in [1.54, 1.807) is 12.1 Å². The average molecular weight is 287 g/mol. The highest BCUT2D eigenvalue weighted by Gasteiger charge is 2.29. The van der Waals surface area contributed by atoms with Crippen molar-refractivity contribution in [2.75, 3.05) is 12.4 Å². The number of nitrogens with one attached hydrogen (secondary N) is 2. The number of carboxylic acids is 1. The van der Waals surface area contributed by atoms with Gasteiger partial charge in [-0.25, -0.2) is 9.59 Å². The van der Waals surface area contributed by atoms with Gasteiger partial charge in [-0.15, -0.1) is 0 Å². The predicted octanol–water partition coefficient (Wildman–Crippen LogP) is 2.33. The summed E-state index contributed by atoms with van der Waals surface area (Å²) in [4.78, 5) is 22.6. The molecule has 2 amide bonds. The summed E-state index contributed by atoms with van der Waals surface area (Å²) < 4.78 is 5.01. The van der Waals surface area contributed by atoms with Crippen LogP contribution in [0.1, 0.15) is 13.8 Å². The number of anilines is 1. The van der Waals surface area contributed by atoms with E-state index < -0.39 is 17.5 Å². The highest BCUT2D eigenvalue weighted by molar-refractivity contribution is 6.33. The van der Waals surface area contributed by atoms with E-state index >= 15 is 0 Å². The summed E-state index contributed by atoms with van der Waals surface area (Å²) in [6.07, 6.45) is 0. The molecule has 7 heteroatoms. The minimum atomic E-state index is -1.38. The first-order chi connectivity index (χ1) is 8.76. The normalized spacial score (nSPS) is 10.7. The molecule has 104 valence electrons. The number of aliphatic carboxylic acids is 1. The van der Waals surface area contributed by atoms with Gasteiger partial charge in [-0.05, 0) is 26.0 Å². The van der Waals surface area contributed by atoms with E-state index in [9.17, 15) is 9.59 Å². The minimum absolute atomic E-state index is 0.323. The Hall–Kier alpha value is -1.95. The number of amides is 2. The smallest absolute Gasteiger partial charge is 0.328 e. The lowest BCUT2D eigenvalue weighted by atomic mass is 10.1. The number of carbonyl (C=O) groups excluding carboxylic acids is 1. The van der Waals surface area contributed by atoms with Crippen LogP contribution >= 0.6 is 11.6 Å². The molecule has 1 aromatic rings. The van der Waals surface area contributed by atoms with Crippen molar-refractivity contribution < 1.29 is 19.4 Å². The van der Waals surface area contributed by atoms with Gasteiger partial charge in [0.25, 0.3) is 0 Å². The first kappa shape index (κ1) is 15.1. The fourth-order valence-electron chi connectivity index (χ4n) is 1.22. The lowest BCUT2D eigenvalue weighted by Crippen LogP contribution is -2.51. The van der Waals surface area contributed by atoms with E-state index in [4.69, 9.17) is 21.4 Å². The number of ether oxygens (including phenoxy) is 1. The van der Waals surface area contributed by atoms with Crippen molar-refractivity contribution in [1.82, 2.24) is 5.32 Å². The van der Waals surface area contributed by atoms with Crippen molar-refractivity contribution in [3.63, 3.8) is 0 Å². The molecular formula is C12H15ClN2O4. The Balaban J connectivity index is 2.80. The highest BCUT2D eigenvalue weighted by Crippen LogP contribution is 2.26. The number of hydrogen-bond acceptors (Lipinski definition) is 3. The molecule has 0 fully saturated rings. The van der Waals surface area contributed by atoms with Crippen LogP contribution in [0.2, 0.25) is 5.02 Å². The van der Waals surface area contributed by atoms with E-state index in [1.165, 1.54) is 27.0 Å². The third-order valence-corrected chi connectivity index (χ3v) is 2.71. The first-order valence-electron chi connectivity index (χ1n) is 5.42. The van der Waals surface area contributed by atoms with Crippen molar-refractivity contribution in [2.45, 2.75) is 19.4 Å². The van der Waals surface area contributed by atoms with Crippen molar-refractivity contribution in [3.8, 4) is 5.75 Å². The van der Waals surface area contributed by atoms with Crippen molar-refractivity contribution in [3.05, 3.63) is 23.2 Å². The number of benzene rings is 1. The standard InChI is InChI=1S/C12H15ClN2O4/c1-12(2,10(16)17)15-11(18)14-9-6-7(19-3)4-5-8(9)13/h4-6H,1-3H3,(H,16,17)(H2,14,15,18). The molecule has 0 heterocycles. The molecule has 0 spiro atoms. The monoisotopic (exact) mass is 286 g/mol. The molecule has 0 aromatic heterocycles. The van der Waals surface area contributed by atoms with Gasteiger partial charge in [-0.3, -0.25) is 0 Å². The van der Waals surface area contributed by atoms with Gasteiger partial charge in [-0.2, -0.15) is 0 Å². The second-order valence-corrected chi connectivity index (χ2v) is 4.76. The Morgan fingerprint density at radius 1 is 1.37 bits per heavy atom. The fourth-order valence-corrected chi connectivity index (χ4v) is 1.38. The summed E-state index contributed by atoms with van der Waals surface area (Å²) in [5.74, 6) is -0.614. The van der Waals surface area contributed by atoms with Gasteiger partial charge in [0.1, 0.15) is 11.3 Å². The summed E-state index contributed by atoms with van der Waals surface area (Å²) >= 11 is 5.92. The number of urea groups is 1. The summed E-state index contributed by atoms with van der Waals surface area (Å²) in [5, 5.41) is 14.0. The van der Waals surface area contributed by atoms with Gasteiger partial charge < -0.3 is 20.5 Å². The van der Waals surface area contributed by atoms with Crippen LogP contribution in [0, 0.1) is 0 Å². The second-order valence-electron chi connectivity index (χ2n) is 4.36. The van der Waals surface area contributed by atoms with Crippen LogP contribution in [0.3, 0.4) is 0 Å². The molecule has 1 aromatic carbocycles. The summed E-state index contributed by atoms with van der Waals surface area (Å²) in [6, 6.07) is 4.09. The molecule has 3 N–H and O–H groups in total. The quantitative estimate of drug-likeness (QED) is 0.793. The molecule has 0 atom stereocenters. The zero-order valence-electron chi connectivity index (χ0n) is 10.8. The second kappa shape index (κ2) is 5.79. The number of halogens is 1. The zero-order valence-corrected chi connectivity index (χ0v) is 11.5. The predicted molar refractivity (Wildman–Crippen MR) is 71.9 cm³/mol. The third kappa shape index (κ3) is 4.03. The average Bonchev–Trinajstić information content (AvgIpc) is 2.31. The molecule has 0 saturated carbocycles. The van der Waals surface area contributed by atoms with Crippen LogP contribution in [-0.4, -0.2) is 29.8 Å². The molecule has 0 aliphatic rings. The van der Waals surface area contributed by atoms with E-state index in [2.05, 4.69) is 10.6 Å². The molecule has 0 radical (unpaired) electrons. The van der Waals surface area contributed by atoms with Gasteiger partial charge in [0.15, 0.2) is 0 Å². The van der Waals surface area contributed by atoms with Crippen LogP contribution in [0.5, 0.6) is 5.75 Å². The highest BCUT2D eigenvalue weighted by atomic mass is 35.5. The molecule has 0 unspecified atom stereocenters. The van der Waals surface area contributed by atoms with Crippen LogP contribution in [0.4, 0.5) is 10.5 Å². The van der Waals surface area contributed by atoms with Crippen LogP contribution in [-0.2, 0) is 4.79 Å². The van der Waals surface area contributed by atoms with Gasteiger partial charge in [0, 0.05) is 6.07 Å². The van der Waals surface area contributed by atoms with E-state index in [-0.39, 0.29) is 0 Å². The molecule has 6 nitrogen and oxygen atoms in total. The fraction of sp³-hybridized carbons (Fsp3) is 0.333. The van der Waals surface area contributed by atoms with Gasteiger partial charge >= 0.3 is 12.0 Å². The Bertz CT molecular complexity index is 503. The van der Waals surface area contributed by atoms with Crippen molar-refractivity contribution in [1.29, 1.82) is 0 Å². The van der Waals surface area contributed by atoms with Crippen LogP contribution in [0.15, 0.2) is 18.2 Å². The van der Waals surface area contributed by atoms with Gasteiger partial charge in [0.05, 0.1) is 17.8 Å². The Morgan fingerprint density at radius 3 is 2.53 bits per heavy atom. The summed E-state index contributed by atoms with van der Waals surface area (Å²) in [5.41, 5.74) is -1.05. The lowest BCUT2D eigenvalue weighted by Gasteiger charge is -2.21. The van der Waals surface area contributed by atoms with Gasteiger partial charge in [-0.1, -0.05) is 11.6 Å². The Labute approximate surface area is 115 Å². The van der Waals surface area contributed by atoms with E-state index in [1.807, 2.05) is 0 Å². The zero-order chi connectivity index (χ0) is 14.6. The van der Waals surface area contributed by atoms with E-state index in [0.717, 1.165) is 0 Å². The number of hydrogen-bond donors (Lipinski definition) is 3. The van der Waals surface area contributed by atoms with Gasteiger partial charge in [0.2, 0.25) is 0 Å². The van der Waals surface area contributed by atoms with Crippen molar-refractivity contribution >= 4 is 29.3 Å². The first-order valence-corrected chi connectivity index (χ1v) is 5.80. The lowest BCUT2D eigenvalue weighted by molar-refractivity contribution is -0.142. The minimum Gasteiger partial charge on any atom is -0.497 e. The Kier molecular flexibility index (Phi) is 4.61. The van der Waals surface area contributed by atoms with Crippen LogP contribution < -0.4 is 15.4 Å². The molecule has 0 aliphatic heterocycles. The molecule has 0 saturated heterocycles. The largest absolute Gasteiger partial charge is 0.497 e. The molecule has 0 bridgehead atoms. The SMILES string of the molecule is COc1ccc(Cl)c(NC(=O)NC(C)(C)C(=O)O)c1. The van der Waals surface area contributed by atoms with Crippen LogP contribution in [0.25, 0.3) is 0 Å². The molecule has 19 heavy (non-hydrogen) atoms. The maximum absolute atomic E-state index is 11.7. The maximum atomic E-state index is 11.7. The molecule has 0 aliphatic carbocycles.